The number of Topliss-reactive ketones (excluding diaryl/α,β-unsaturated/α-hetero) is 1. The minimum atomic E-state index is 0.233. The van der Waals surface area contributed by atoms with Gasteiger partial charge in [-0.15, -0.1) is 0 Å². The number of hydrogen-bond donors (Lipinski definition) is 0. The van der Waals surface area contributed by atoms with Crippen LogP contribution in [0.25, 0.3) is 0 Å². The Morgan fingerprint density at radius 1 is 1.32 bits per heavy atom. The first-order valence-electron chi connectivity index (χ1n) is 7.08. The Balaban J connectivity index is 2.26. The summed E-state index contributed by atoms with van der Waals surface area (Å²) >= 11 is 0. The van der Waals surface area contributed by atoms with Crippen molar-refractivity contribution in [1.29, 1.82) is 0 Å². The number of benzene rings is 1. The van der Waals surface area contributed by atoms with Gasteiger partial charge in [0.05, 0.1) is 0 Å². The van der Waals surface area contributed by atoms with Crippen LogP contribution in [-0.2, 0) is 0 Å². The third-order valence-electron chi connectivity index (χ3n) is 4.10. The molecule has 0 amide bonds. The summed E-state index contributed by atoms with van der Waals surface area (Å²) in [5.74, 6) is 0.858. The summed E-state index contributed by atoms with van der Waals surface area (Å²) in [5, 5.41) is 0. The Morgan fingerprint density at radius 3 is 2.58 bits per heavy atom. The minimum Gasteiger partial charge on any atom is -0.369 e. The molecule has 2 unspecified atom stereocenters. The van der Waals surface area contributed by atoms with Gasteiger partial charge in [-0.05, 0) is 32.1 Å². The van der Waals surface area contributed by atoms with Crippen molar-refractivity contribution >= 4 is 11.5 Å². The first-order valence-corrected chi connectivity index (χ1v) is 7.08. The fourth-order valence-electron chi connectivity index (χ4n) is 2.99. The molecule has 1 aliphatic heterocycles. The van der Waals surface area contributed by atoms with Crippen LogP contribution in [0.2, 0.25) is 0 Å². The average molecular weight is 260 g/mol. The molecule has 1 heterocycles. The van der Waals surface area contributed by atoms with E-state index in [-0.39, 0.29) is 5.78 Å². The zero-order valence-electron chi connectivity index (χ0n) is 12.4. The highest BCUT2D eigenvalue weighted by Crippen LogP contribution is 2.29. The van der Waals surface area contributed by atoms with Crippen LogP contribution >= 0.6 is 0 Å². The lowest BCUT2D eigenvalue weighted by molar-refractivity contribution is 0.0988. The summed E-state index contributed by atoms with van der Waals surface area (Å²) in [6, 6.07) is 8.57. The van der Waals surface area contributed by atoms with Crippen molar-refractivity contribution in [2.24, 2.45) is 5.92 Å². The summed E-state index contributed by atoms with van der Waals surface area (Å²) < 4.78 is 0. The number of nitrogens with zero attached hydrogens (tertiary/aromatic N) is 2. The highest BCUT2D eigenvalue weighted by molar-refractivity contribution is 6.01. The summed E-state index contributed by atoms with van der Waals surface area (Å²) in [7, 11) is 4.27. The van der Waals surface area contributed by atoms with E-state index in [1.165, 1.54) is 0 Å². The Kier molecular flexibility index (Phi) is 4.25. The number of ketones is 1. The highest BCUT2D eigenvalue weighted by Gasteiger charge is 2.32. The molecule has 0 bridgehead atoms. The second kappa shape index (κ2) is 5.74. The van der Waals surface area contributed by atoms with Crippen molar-refractivity contribution < 1.29 is 4.79 Å². The fraction of sp³-hybridized carbons (Fsp3) is 0.562. The largest absolute Gasteiger partial charge is 0.369 e. The molecule has 3 heteroatoms. The molecular weight excluding hydrogens is 236 g/mol. The SMILES string of the molecule is CCC(=O)c1ccccc1N1CC(C)C(N(C)C)C1. The molecule has 0 radical (unpaired) electrons. The molecule has 1 aromatic rings. The third kappa shape index (κ3) is 2.81. The topological polar surface area (TPSA) is 23.6 Å². The number of carbonyl (C=O) groups excluding carboxylic acids is 1. The van der Waals surface area contributed by atoms with Gasteiger partial charge in [-0.2, -0.15) is 0 Å². The zero-order valence-corrected chi connectivity index (χ0v) is 12.4. The van der Waals surface area contributed by atoms with Crippen LogP contribution in [-0.4, -0.2) is 43.9 Å². The lowest BCUT2D eigenvalue weighted by atomic mass is 10.1. The number of hydrogen-bond acceptors (Lipinski definition) is 3. The molecule has 0 spiro atoms. The van der Waals surface area contributed by atoms with Gasteiger partial charge < -0.3 is 9.80 Å². The van der Waals surface area contributed by atoms with Crippen molar-refractivity contribution in [2.45, 2.75) is 26.3 Å². The van der Waals surface area contributed by atoms with E-state index in [4.69, 9.17) is 0 Å². The second-order valence-corrected chi connectivity index (χ2v) is 5.71. The Bertz CT molecular complexity index is 456. The highest BCUT2D eigenvalue weighted by atomic mass is 16.1. The Morgan fingerprint density at radius 2 is 2.00 bits per heavy atom. The van der Waals surface area contributed by atoms with E-state index in [0.29, 0.717) is 18.4 Å². The quantitative estimate of drug-likeness (QED) is 0.778. The van der Waals surface area contributed by atoms with Crippen LogP contribution in [0.15, 0.2) is 24.3 Å². The Labute approximate surface area is 116 Å². The van der Waals surface area contributed by atoms with Crippen LogP contribution in [0, 0.1) is 5.92 Å². The number of anilines is 1. The smallest absolute Gasteiger partial charge is 0.164 e. The molecule has 0 saturated carbocycles. The molecule has 19 heavy (non-hydrogen) atoms. The molecule has 2 rings (SSSR count). The molecule has 104 valence electrons. The molecule has 0 aliphatic carbocycles. The maximum atomic E-state index is 12.1. The van der Waals surface area contributed by atoms with Crippen molar-refractivity contribution in [2.75, 3.05) is 32.1 Å². The molecule has 3 nitrogen and oxygen atoms in total. The van der Waals surface area contributed by atoms with Gasteiger partial charge in [-0.1, -0.05) is 26.0 Å². The van der Waals surface area contributed by atoms with E-state index >= 15 is 0 Å². The first-order chi connectivity index (χ1) is 9.04. The summed E-state index contributed by atoms with van der Waals surface area (Å²) in [6.45, 7) is 6.24. The van der Waals surface area contributed by atoms with Crippen molar-refractivity contribution in [3.63, 3.8) is 0 Å². The van der Waals surface area contributed by atoms with Crippen LogP contribution in [0.4, 0.5) is 5.69 Å². The van der Waals surface area contributed by atoms with E-state index in [0.717, 1.165) is 24.3 Å². The van der Waals surface area contributed by atoms with Gasteiger partial charge >= 0.3 is 0 Å². The normalized spacial score (nSPS) is 23.1. The molecule has 1 saturated heterocycles. The van der Waals surface area contributed by atoms with Gasteiger partial charge in [0.15, 0.2) is 5.78 Å². The average Bonchev–Trinajstić information content (AvgIpc) is 2.80. The van der Waals surface area contributed by atoms with Gasteiger partial charge in [-0.25, -0.2) is 0 Å². The predicted molar refractivity (Wildman–Crippen MR) is 79.9 cm³/mol. The van der Waals surface area contributed by atoms with Gasteiger partial charge in [0, 0.05) is 36.8 Å². The van der Waals surface area contributed by atoms with E-state index in [1.807, 2.05) is 25.1 Å². The van der Waals surface area contributed by atoms with Gasteiger partial charge in [0.25, 0.3) is 0 Å². The van der Waals surface area contributed by atoms with Crippen molar-refractivity contribution in [3.8, 4) is 0 Å². The van der Waals surface area contributed by atoms with Crippen molar-refractivity contribution in [1.82, 2.24) is 4.90 Å². The van der Waals surface area contributed by atoms with Crippen LogP contribution in [0.3, 0.4) is 0 Å². The first kappa shape index (κ1) is 14.1. The van der Waals surface area contributed by atoms with Crippen LogP contribution in [0.1, 0.15) is 30.6 Å². The zero-order chi connectivity index (χ0) is 14.0. The molecule has 0 N–H and O–H groups in total. The molecule has 0 aromatic heterocycles. The summed E-state index contributed by atoms with van der Waals surface area (Å²) in [5.41, 5.74) is 1.97. The Hall–Kier alpha value is -1.35. The third-order valence-corrected chi connectivity index (χ3v) is 4.10. The molecule has 2 atom stereocenters. The maximum absolute atomic E-state index is 12.1. The molecule has 1 fully saturated rings. The lowest BCUT2D eigenvalue weighted by Gasteiger charge is -2.24. The lowest BCUT2D eigenvalue weighted by Crippen LogP contribution is -2.34. The predicted octanol–water partition coefficient (Wildman–Crippen LogP) is 2.67. The standard InChI is InChI=1S/C16H24N2O/c1-5-16(19)13-8-6-7-9-14(13)18-10-12(2)15(11-18)17(3)4/h6-9,12,15H,5,10-11H2,1-4H3. The van der Waals surface area contributed by atoms with E-state index < -0.39 is 0 Å². The van der Waals surface area contributed by atoms with Crippen LogP contribution in [0.5, 0.6) is 0 Å². The van der Waals surface area contributed by atoms with Crippen LogP contribution < -0.4 is 4.90 Å². The van der Waals surface area contributed by atoms with E-state index in [9.17, 15) is 4.79 Å². The number of carbonyl (C=O) groups is 1. The van der Waals surface area contributed by atoms with Gasteiger partial charge in [0.2, 0.25) is 0 Å². The number of para-hydroxylation sites is 1. The van der Waals surface area contributed by atoms with Crippen molar-refractivity contribution in [3.05, 3.63) is 29.8 Å². The molecule has 1 aromatic carbocycles. The van der Waals surface area contributed by atoms with E-state index in [2.05, 4.69) is 36.9 Å². The maximum Gasteiger partial charge on any atom is 0.164 e. The molecular formula is C16H24N2O. The number of rotatable bonds is 4. The summed E-state index contributed by atoms with van der Waals surface area (Å²) in [4.78, 5) is 16.7. The van der Waals surface area contributed by atoms with Gasteiger partial charge in [0.1, 0.15) is 0 Å². The fourth-order valence-corrected chi connectivity index (χ4v) is 2.99. The number of likely N-dealkylation sites (N-methyl/N-ethyl adjacent to an activating group) is 1. The van der Waals surface area contributed by atoms with E-state index in [1.54, 1.807) is 0 Å². The second-order valence-electron chi connectivity index (χ2n) is 5.71. The van der Waals surface area contributed by atoms with Gasteiger partial charge in [-0.3, -0.25) is 4.79 Å². The summed E-state index contributed by atoms with van der Waals surface area (Å²) in [6.07, 6.45) is 0.567. The molecule has 1 aliphatic rings. The minimum absolute atomic E-state index is 0.233. The monoisotopic (exact) mass is 260 g/mol.